The summed E-state index contributed by atoms with van der Waals surface area (Å²) in [5, 5.41) is 0. The summed E-state index contributed by atoms with van der Waals surface area (Å²) in [7, 11) is 0. The molecule has 7 aliphatic rings. The molecule has 3 heterocycles. The molecule has 0 radical (unpaired) electrons. The van der Waals surface area contributed by atoms with Gasteiger partial charge < -0.3 is 9.80 Å². The lowest BCUT2D eigenvalue weighted by molar-refractivity contribution is -0.0419. The van der Waals surface area contributed by atoms with Crippen LogP contribution in [-0.4, -0.2) is 6.71 Å². The molecule has 4 fully saturated rings. The van der Waals surface area contributed by atoms with Crippen LogP contribution in [0.4, 0.5) is 34.1 Å². The van der Waals surface area contributed by atoms with E-state index in [-0.39, 0.29) is 12.1 Å². The second kappa shape index (κ2) is 8.97. The van der Waals surface area contributed by atoms with E-state index in [1.54, 1.807) is 11.1 Å². The van der Waals surface area contributed by atoms with Crippen molar-refractivity contribution in [2.45, 2.75) is 57.8 Å². The molecule has 2 nitrogen and oxygen atoms in total. The summed E-state index contributed by atoms with van der Waals surface area (Å²) >= 11 is 0. The van der Waals surface area contributed by atoms with Crippen LogP contribution in [0, 0.1) is 30.6 Å². The Labute approximate surface area is 273 Å². The molecule has 5 aromatic carbocycles. The Bertz CT molecular complexity index is 2080. The number of benzene rings is 5. The topological polar surface area (TPSA) is 6.48 Å². The Hall–Kier alpha value is -4.24. The molecule has 224 valence electrons. The zero-order valence-corrected chi connectivity index (χ0v) is 26.8. The Kier molecular flexibility index (Phi) is 5.05. The Morgan fingerprint density at radius 1 is 0.609 bits per heavy atom. The number of fused-ring (bicyclic) bond motifs is 6. The molecule has 1 spiro atoms. The number of anilines is 6. The first-order chi connectivity index (χ1) is 22.7. The van der Waals surface area contributed by atoms with Crippen LogP contribution in [0.15, 0.2) is 103 Å². The minimum Gasteiger partial charge on any atom is -0.311 e. The first-order valence-electron chi connectivity index (χ1n) is 17.8. The fraction of sp³-hybridized carbons (Fsp3) is 0.302. The molecular formula is C43H39BN2. The average Bonchev–Trinajstić information content (AvgIpc) is 3.08. The third-order valence-electron chi connectivity index (χ3n) is 13.3. The number of para-hydroxylation sites is 3. The van der Waals surface area contributed by atoms with E-state index < -0.39 is 0 Å². The van der Waals surface area contributed by atoms with Gasteiger partial charge >= 0.3 is 0 Å². The molecule has 4 aliphatic carbocycles. The van der Waals surface area contributed by atoms with Gasteiger partial charge in [0.05, 0.1) is 5.69 Å². The minimum absolute atomic E-state index is 0.122. The van der Waals surface area contributed by atoms with E-state index >= 15 is 0 Å². The summed E-state index contributed by atoms with van der Waals surface area (Å²) in [6, 6.07) is 40.4. The average molecular weight is 595 g/mol. The smallest absolute Gasteiger partial charge is 0.252 e. The highest BCUT2D eigenvalue weighted by molar-refractivity contribution is 7.00. The molecule has 0 unspecified atom stereocenters. The molecule has 4 bridgehead atoms. The van der Waals surface area contributed by atoms with Gasteiger partial charge in [0.2, 0.25) is 0 Å². The van der Waals surface area contributed by atoms with Crippen LogP contribution in [0.3, 0.4) is 0 Å². The molecule has 0 amide bonds. The SMILES string of the molecule is CCc1ccc2c(c1)B1c3cccc4c3N(c3ccccc3C43C4CC5CC(C4)CC3C5)c3cccc(c31)N2c1ccccc1C. The molecule has 5 aromatic rings. The Morgan fingerprint density at radius 2 is 1.26 bits per heavy atom. The predicted molar refractivity (Wildman–Crippen MR) is 192 cm³/mol. The largest absolute Gasteiger partial charge is 0.311 e. The van der Waals surface area contributed by atoms with Crippen molar-refractivity contribution >= 4 is 57.2 Å². The molecule has 4 saturated carbocycles. The highest BCUT2D eigenvalue weighted by atomic mass is 15.2. The van der Waals surface area contributed by atoms with Crippen molar-refractivity contribution in [3.05, 3.63) is 125 Å². The van der Waals surface area contributed by atoms with Gasteiger partial charge in [-0.3, -0.25) is 0 Å². The van der Waals surface area contributed by atoms with Gasteiger partial charge in [0.25, 0.3) is 6.71 Å². The molecule has 3 aliphatic heterocycles. The van der Waals surface area contributed by atoms with Crippen molar-refractivity contribution in [2.24, 2.45) is 23.7 Å². The molecule has 3 heteroatoms. The van der Waals surface area contributed by atoms with E-state index in [0.29, 0.717) is 0 Å². The van der Waals surface area contributed by atoms with Crippen molar-refractivity contribution in [1.82, 2.24) is 0 Å². The quantitative estimate of drug-likeness (QED) is 0.185. The summed E-state index contributed by atoms with van der Waals surface area (Å²) in [4.78, 5) is 5.26. The zero-order valence-electron chi connectivity index (χ0n) is 26.8. The molecule has 0 saturated heterocycles. The van der Waals surface area contributed by atoms with E-state index in [4.69, 9.17) is 0 Å². The van der Waals surface area contributed by atoms with Gasteiger partial charge in [-0.1, -0.05) is 79.7 Å². The summed E-state index contributed by atoms with van der Waals surface area (Å²) in [5.41, 5.74) is 18.7. The van der Waals surface area contributed by atoms with Crippen LogP contribution in [0.1, 0.15) is 61.3 Å². The van der Waals surface area contributed by atoms with Crippen molar-refractivity contribution in [2.75, 3.05) is 9.80 Å². The second-order valence-corrected chi connectivity index (χ2v) is 15.3. The standard InChI is InChI=1S/C43H39BN2/c1-3-27-18-19-38-35(25-27)44-34-13-8-12-33-42(34)46(40-17-9-16-39(41(40)44)45(38)36-14-6-4-10-26(36)2)37-15-7-5-11-32(37)43(33)30-21-28-20-29(23-30)24-31(43)22-28/h4-19,25,28-31H,3,20-24H2,1-2H3. The van der Waals surface area contributed by atoms with Crippen molar-refractivity contribution in [1.29, 1.82) is 0 Å². The minimum atomic E-state index is 0.122. The Morgan fingerprint density at radius 3 is 2.02 bits per heavy atom. The van der Waals surface area contributed by atoms with Gasteiger partial charge in [0.15, 0.2) is 0 Å². The van der Waals surface area contributed by atoms with E-state index in [1.807, 2.05) is 0 Å². The number of aryl methyl sites for hydroxylation is 2. The Balaban J connectivity index is 1.24. The van der Waals surface area contributed by atoms with Gasteiger partial charge in [0.1, 0.15) is 0 Å². The third kappa shape index (κ3) is 3.02. The molecule has 46 heavy (non-hydrogen) atoms. The van der Waals surface area contributed by atoms with E-state index in [9.17, 15) is 0 Å². The molecule has 0 atom stereocenters. The summed E-state index contributed by atoms with van der Waals surface area (Å²) < 4.78 is 0. The van der Waals surface area contributed by atoms with Crippen molar-refractivity contribution < 1.29 is 0 Å². The van der Waals surface area contributed by atoms with Crippen LogP contribution in [0.5, 0.6) is 0 Å². The molecular weight excluding hydrogens is 555 g/mol. The normalized spacial score (nSPS) is 27.0. The maximum atomic E-state index is 2.70. The van der Waals surface area contributed by atoms with Crippen LogP contribution in [0.25, 0.3) is 0 Å². The second-order valence-electron chi connectivity index (χ2n) is 15.3. The summed E-state index contributed by atoms with van der Waals surface area (Å²) in [6.07, 6.45) is 8.15. The van der Waals surface area contributed by atoms with Crippen LogP contribution < -0.4 is 26.2 Å². The maximum absolute atomic E-state index is 2.70. The van der Waals surface area contributed by atoms with Gasteiger partial charge in [-0.25, -0.2) is 0 Å². The number of hydrogen-bond donors (Lipinski definition) is 0. The number of nitrogens with zero attached hydrogens (tertiary/aromatic N) is 2. The van der Waals surface area contributed by atoms with Gasteiger partial charge in [-0.05, 0) is 138 Å². The highest BCUT2D eigenvalue weighted by Gasteiger charge is 2.62. The summed E-state index contributed by atoms with van der Waals surface area (Å²) in [5.74, 6) is 3.36. The lowest BCUT2D eigenvalue weighted by Crippen LogP contribution is -2.64. The maximum Gasteiger partial charge on any atom is 0.252 e. The molecule has 0 aromatic heterocycles. The fourth-order valence-corrected chi connectivity index (χ4v) is 11.9. The van der Waals surface area contributed by atoms with Crippen LogP contribution >= 0.6 is 0 Å². The van der Waals surface area contributed by atoms with E-state index in [1.165, 1.54) is 93.7 Å². The number of hydrogen-bond acceptors (Lipinski definition) is 2. The van der Waals surface area contributed by atoms with Crippen LogP contribution in [-0.2, 0) is 11.8 Å². The highest BCUT2D eigenvalue weighted by Crippen LogP contribution is 2.69. The lowest BCUT2D eigenvalue weighted by Gasteiger charge is -2.64. The zero-order chi connectivity index (χ0) is 30.3. The number of rotatable bonds is 2. The van der Waals surface area contributed by atoms with E-state index in [0.717, 1.165) is 30.1 Å². The van der Waals surface area contributed by atoms with Crippen LogP contribution in [0.2, 0.25) is 0 Å². The predicted octanol–water partition coefficient (Wildman–Crippen LogP) is 8.70. The summed E-state index contributed by atoms with van der Waals surface area (Å²) in [6.45, 7) is 4.76. The van der Waals surface area contributed by atoms with Gasteiger partial charge in [-0.2, -0.15) is 0 Å². The fourth-order valence-electron chi connectivity index (χ4n) is 11.9. The van der Waals surface area contributed by atoms with Crippen molar-refractivity contribution in [3.63, 3.8) is 0 Å². The molecule has 0 N–H and O–H groups in total. The van der Waals surface area contributed by atoms with Gasteiger partial charge in [-0.15, -0.1) is 0 Å². The van der Waals surface area contributed by atoms with Crippen molar-refractivity contribution in [3.8, 4) is 0 Å². The van der Waals surface area contributed by atoms with E-state index in [2.05, 4.69) is 127 Å². The third-order valence-corrected chi connectivity index (χ3v) is 13.3. The first-order valence-corrected chi connectivity index (χ1v) is 17.8. The monoisotopic (exact) mass is 594 g/mol. The lowest BCUT2D eigenvalue weighted by atomic mass is 9.32. The van der Waals surface area contributed by atoms with Gasteiger partial charge in [0, 0.05) is 33.9 Å². The first kappa shape index (κ1) is 25.9. The molecule has 12 rings (SSSR count).